The van der Waals surface area contributed by atoms with E-state index in [1.807, 2.05) is 18.7 Å². The van der Waals surface area contributed by atoms with Gasteiger partial charge in [-0.2, -0.15) is 0 Å². The maximum absolute atomic E-state index is 13.6. The topological polar surface area (TPSA) is 86.9 Å². The number of carbonyl (C=O) groups excluding carboxylic acids is 1. The van der Waals surface area contributed by atoms with E-state index in [4.69, 9.17) is 11.6 Å². The third kappa shape index (κ3) is 2.73. The fraction of sp³-hybridized carbons (Fsp3) is 0.350. The minimum Gasteiger partial charge on any atom is -0.476 e. The fourth-order valence-electron chi connectivity index (χ4n) is 3.85. The lowest BCUT2D eigenvalue weighted by atomic mass is 9.90. The number of aromatic carboxylic acids is 1. The molecular formula is C20H21ClN4O3. The minimum absolute atomic E-state index is 0.0844. The van der Waals surface area contributed by atoms with Crippen molar-refractivity contribution in [3.05, 3.63) is 46.9 Å². The Labute approximate surface area is 166 Å². The highest BCUT2D eigenvalue weighted by Crippen LogP contribution is 2.31. The number of halogens is 1. The lowest BCUT2D eigenvalue weighted by Gasteiger charge is -2.47. The highest BCUT2D eigenvalue weighted by molar-refractivity contribution is 6.31. The number of aromatic nitrogens is 2. The smallest absolute Gasteiger partial charge is 0.356 e. The summed E-state index contributed by atoms with van der Waals surface area (Å²) in [5, 5.41) is 14.1. The third-order valence-electron chi connectivity index (χ3n) is 5.81. The van der Waals surface area contributed by atoms with E-state index in [0.29, 0.717) is 40.1 Å². The molecule has 0 unspecified atom stereocenters. The van der Waals surface area contributed by atoms with Crippen molar-refractivity contribution in [2.75, 3.05) is 13.1 Å². The van der Waals surface area contributed by atoms with E-state index in [2.05, 4.69) is 17.2 Å². The monoisotopic (exact) mass is 400 g/mol. The summed E-state index contributed by atoms with van der Waals surface area (Å²) in [6.45, 7) is 7.36. The van der Waals surface area contributed by atoms with Crippen LogP contribution in [0.3, 0.4) is 0 Å². The molecule has 0 saturated carbocycles. The Morgan fingerprint density at radius 1 is 1.29 bits per heavy atom. The van der Waals surface area contributed by atoms with Crippen LogP contribution in [0.1, 0.15) is 41.6 Å². The second-order valence-corrected chi connectivity index (χ2v) is 8.10. The number of benzene rings is 1. The molecule has 0 aliphatic carbocycles. The Kier molecular flexibility index (Phi) is 4.32. The molecular weight excluding hydrogens is 380 g/mol. The van der Waals surface area contributed by atoms with Gasteiger partial charge in [0, 0.05) is 29.5 Å². The molecule has 28 heavy (non-hydrogen) atoms. The number of rotatable bonds is 2. The zero-order chi connectivity index (χ0) is 20.2. The number of carboxylic acids is 1. The number of imidazole rings is 1. The molecule has 4 rings (SSSR count). The number of hydrogen-bond donors (Lipinski definition) is 2. The molecule has 7 nitrogen and oxygen atoms in total. The minimum atomic E-state index is -1.13. The highest BCUT2D eigenvalue weighted by Gasteiger charge is 2.39. The number of pyridine rings is 1. The van der Waals surface area contributed by atoms with Crippen molar-refractivity contribution in [3.8, 4) is 0 Å². The van der Waals surface area contributed by atoms with Crippen LogP contribution in [0, 0.1) is 0 Å². The predicted octanol–water partition coefficient (Wildman–Crippen LogP) is 3.05. The normalized spacial score (nSPS) is 19.3. The Balaban J connectivity index is 1.98. The first-order valence-electron chi connectivity index (χ1n) is 9.10. The van der Waals surface area contributed by atoms with Gasteiger partial charge in [0.15, 0.2) is 5.69 Å². The van der Waals surface area contributed by atoms with Crippen LogP contribution in [0.4, 0.5) is 0 Å². The first-order chi connectivity index (χ1) is 13.2. The number of carbonyl (C=O) groups is 2. The van der Waals surface area contributed by atoms with Gasteiger partial charge >= 0.3 is 5.97 Å². The summed E-state index contributed by atoms with van der Waals surface area (Å²) >= 11 is 6.21. The van der Waals surface area contributed by atoms with E-state index >= 15 is 0 Å². The molecule has 2 N–H and O–H groups in total. The second kappa shape index (κ2) is 6.46. The van der Waals surface area contributed by atoms with Gasteiger partial charge in [-0.3, -0.25) is 9.20 Å². The van der Waals surface area contributed by atoms with Crippen molar-refractivity contribution < 1.29 is 14.7 Å². The van der Waals surface area contributed by atoms with E-state index < -0.39 is 11.5 Å². The van der Waals surface area contributed by atoms with Gasteiger partial charge in [-0.15, -0.1) is 0 Å². The van der Waals surface area contributed by atoms with Gasteiger partial charge in [0.05, 0.1) is 22.1 Å². The molecule has 1 aliphatic rings. The maximum atomic E-state index is 13.6. The zero-order valence-electron chi connectivity index (χ0n) is 15.9. The van der Waals surface area contributed by atoms with Gasteiger partial charge in [0.2, 0.25) is 0 Å². The summed E-state index contributed by atoms with van der Waals surface area (Å²) in [7, 11) is 0. The van der Waals surface area contributed by atoms with Gasteiger partial charge in [0.25, 0.3) is 5.91 Å². The zero-order valence-corrected chi connectivity index (χ0v) is 16.6. The average molecular weight is 401 g/mol. The van der Waals surface area contributed by atoms with Crippen LogP contribution >= 0.6 is 11.6 Å². The van der Waals surface area contributed by atoms with Gasteiger partial charge in [-0.1, -0.05) is 11.6 Å². The maximum Gasteiger partial charge on any atom is 0.356 e. The average Bonchev–Trinajstić information content (AvgIpc) is 3.06. The summed E-state index contributed by atoms with van der Waals surface area (Å²) in [5.74, 6) is -1.28. The Bertz CT molecular complexity index is 1120. The summed E-state index contributed by atoms with van der Waals surface area (Å²) in [6.07, 6.45) is 1.46. The van der Waals surface area contributed by atoms with Gasteiger partial charge in [-0.05, 0) is 45.0 Å². The molecule has 1 fully saturated rings. The number of carboxylic acid groups (broad SMARTS) is 1. The molecule has 3 heterocycles. The van der Waals surface area contributed by atoms with Crippen LogP contribution < -0.4 is 5.32 Å². The van der Waals surface area contributed by atoms with Crippen LogP contribution in [-0.2, 0) is 0 Å². The van der Waals surface area contributed by atoms with E-state index in [9.17, 15) is 14.7 Å². The molecule has 2 aromatic heterocycles. The van der Waals surface area contributed by atoms with Crippen LogP contribution in [0.25, 0.3) is 16.4 Å². The van der Waals surface area contributed by atoms with Crippen molar-refractivity contribution >= 4 is 39.9 Å². The Morgan fingerprint density at radius 3 is 2.75 bits per heavy atom. The number of amides is 1. The van der Waals surface area contributed by atoms with Crippen molar-refractivity contribution in [2.45, 2.75) is 32.4 Å². The molecule has 1 saturated heterocycles. The molecule has 0 spiro atoms. The SMILES string of the molecule is C[C@H]1NCCN(C(=O)c2cc3c(C(=O)O)ncn3c3ccc(Cl)cc23)C1(C)C. The molecule has 1 aromatic carbocycles. The lowest BCUT2D eigenvalue weighted by Crippen LogP contribution is -2.64. The molecule has 146 valence electrons. The molecule has 1 aliphatic heterocycles. The Hall–Kier alpha value is -2.64. The number of hydrogen-bond acceptors (Lipinski definition) is 4. The predicted molar refractivity (Wildman–Crippen MR) is 107 cm³/mol. The number of piperazine rings is 1. The molecule has 1 atom stereocenters. The summed E-state index contributed by atoms with van der Waals surface area (Å²) in [6, 6.07) is 6.96. The van der Waals surface area contributed by atoms with Crippen LogP contribution in [0.2, 0.25) is 5.02 Å². The van der Waals surface area contributed by atoms with Crippen molar-refractivity contribution in [3.63, 3.8) is 0 Å². The van der Waals surface area contributed by atoms with E-state index in [0.717, 1.165) is 0 Å². The van der Waals surface area contributed by atoms with Crippen LogP contribution in [-0.4, -0.2) is 55.9 Å². The number of nitrogens with one attached hydrogen (secondary N) is 1. The first-order valence-corrected chi connectivity index (χ1v) is 9.47. The summed E-state index contributed by atoms with van der Waals surface area (Å²) in [4.78, 5) is 31.1. The first kappa shape index (κ1) is 18.7. The fourth-order valence-corrected chi connectivity index (χ4v) is 4.02. The number of nitrogens with zero attached hydrogens (tertiary/aromatic N) is 3. The quantitative estimate of drug-likeness (QED) is 0.690. The van der Waals surface area contributed by atoms with Crippen LogP contribution in [0.5, 0.6) is 0 Å². The largest absolute Gasteiger partial charge is 0.476 e. The second-order valence-electron chi connectivity index (χ2n) is 7.66. The van der Waals surface area contributed by atoms with Gasteiger partial charge < -0.3 is 15.3 Å². The van der Waals surface area contributed by atoms with E-state index in [-0.39, 0.29) is 17.6 Å². The van der Waals surface area contributed by atoms with Crippen molar-refractivity contribution in [1.82, 2.24) is 19.6 Å². The summed E-state index contributed by atoms with van der Waals surface area (Å²) < 4.78 is 1.68. The van der Waals surface area contributed by atoms with Gasteiger partial charge in [-0.25, -0.2) is 9.78 Å². The molecule has 8 heteroatoms. The molecule has 3 aromatic rings. The lowest BCUT2D eigenvalue weighted by molar-refractivity contribution is 0.0355. The van der Waals surface area contributed by atoms with E-state index in [1.54, 1.807) is 28.7 Å². The van der Waals surface area contributed by atoms with E-state index in [1.165, 1.54) is 6.33 Å². The highest BCUT2D eigenvalue weighted by atomic mass is 35.5. The number of fused-ring (bicyclic) bond motifs is 3. The van der Waals surface area contributed by atoms with Gasteiger partial charge in [0.1, 0.15) is 6.33 Å². The summed E-state index contributed by atoms with van der Waals surface area (Å²) in [5.41, 5.74) is 1.01. The third-order valence-corrected chi connectivity index (χ3v) is 6.05. The molecule has 0 bridgehead atoms. The molecule has 0 radical (unpaired) electrons. The van der Waals surface area contributed by atoms with Crippen LogP contribution in [0.15, 0.2) is 30.6 Å². The molecule has 1 amide bonds. The van der Waals surface area contributed by atoms with Crippen molar-refractivity contribution in [2.24, 2.45) is 0 Å². The Morgan fingerprint density at radius 2 is 2.04 bits per heavy atom. The standard InChI is InChI=1S/C20H21ClN4O3/c1-11-20(2,3)25(7-6-22-11)18(26)14-9-16-17(19(27)28)23-10-24(16)15-5-4-12(21)8-13(14)15/h4-5,8-11,22H,6-7H2,1-3H3,(H,27,28)/t11-/m1/s1. The van der Waals surface area contributed by atoms with Crippen molar-refractivity contribution in [1.29, 1.82) is 0 Å².